The van der Waals surface area contributed by atoms with E-state index in [4.69, 9.17) is 4.74 Å². The zero-order chi connectivity index (χ0) is 19.6. The van der Waals surface area contributed by atoms with Crippen molar-refractivity contribution in [2.75, 3.05) is 0 Å². The summed E-state index contributed by atoms with van der Waals surface area (Å²) >= 11 is 0. The van der Waals surface area contributed by atoms with Crippen LogP contribution in [-0.4, -0.2) is 21.7 Å². The van der Waals surface area contributed by atoms with E-state index in [0.717, 1.165) is 11.1 Å². The number of hydrogen-bond donors (Lipinski definition) is 1. The van der Waals surface area contributed by atoms with Gasteiger partial charge in [-0.2, -0.15) is 0 Å². The fourth-order valence-electron chi connectivity index (χ4n) is 2.82. The molecule has 140 valence electrons. The highest BCUT2D eigenvalue weighted by atomic mass is 19.1. The maximum Gasteiger partial charge on any atom is 0.304 e. The van der Waals surface area contributed by atoms with E-state index < -0.39 is 17.8 Å². The fourth-order valence-corrected chi connectivity index (χ4v) is 2.82. The Bertz CT molecular complexity index is 1030. The molecule has 0 saturated carbocycles. The zero-order valence-electron chi connectivity index (χ0n) is 15.3. The van der Waals surface area contributed by atoms with E-state index in [1.807, 2.05) is 32.0 Å². The van der Waals surface area contributed by atoms with E-state index in [1.54, 1.807) is 10.6 Å². The number of azo groups is 1. The largest absolute Gasteiger partial charge is 0.493 e. The SMILES string of the molecule is CCn1c(O)c(N=NC(=O)[C@@H](C)Oc2ccccc2F)c2cc(C)ccc21. The molecule has 1 atom stereocenters. The normalized spacial score (nSPS) is 12.6. The van der Waals surface area contributed by atoms with Crippen LogP contribution in [0.4, 0.5) is 10.1 Å². The number of hydrogen-bond acceptors (Lipinski definition) is 4. The third-order valence-corrected chi connectivity index (χ3v) is 4.22. The summed E-state index contributed by atoms with van der Waals surface area (Å²) in [5.41, 5.74) is 2.02. The number of ether oxygens (including phenoxy) is 1. The molecule has 1 N–H and O–H groups in total. The van der Waals surface area contributed by atoms with Crippen molar-refractivity contribution in [2.45, 2.75) is 33.4 Å². The summed E-state index contributed by atoms with van der Waals surface area (Å²) in [5, 5.41) is 18.8. The molecule has 2 aromatic carbocycles. The van der Waals surface area contributed by atoms with Gasteiger partial charge in [0.1, 0.15) is 0 Å². The first-order chi connectivity index (χ1) is 12.9. The minimum atomic E-state index is -1.02. The molecule has 1 amide bonds. The summed E-state index contributed by atoms with van der Waals surface area (Å²) in [7, 11) is 0. The van der Waals surface area contributed by atoms with Crippen LogP contribution in [0.15, 0.2) is 52.7 Å². The molecule has 3 rings (SSSR count). The number of halogens is 1. The molecule has 0 aliphatic rings. The highest BCUT2D eigenvalue weighted by molar-refractivity contribution is 5.95. The Balaban J connectivity index is 1.87. The van der Waals surface area contributed by atoms with Gasteiger partial charge >= 0.3 is 5.91 Å². The number of aromatic hydroxyl groups is 1. The molecule has 0 aliphatic carbocycles. The number of aromatic nitrogens is 1. The highest BCUT2D eigenvalue weighted by Gasteiger charge is 2.19. The maximum atomic E-state index is 13.6. The molecule has 0 spiro atoms. The van der Waals surface area contributed by atoms with Crippen LogP contribution in [0.1, 0.15) is 19.4 Å². The first-order valence-corrected chi connectivity index (χ1v) is 8.61. The number of para-hydroxylation sites is 1. The van der Waals surface area contributed by atoms with Gasteiger partial charge in [-0.25, -0.2) is 4.39 Å². The number of carbonyl (C=O) groups excluding carboxylic acids is 1. The van der Waals surface area contributed by atoms with Crippen molar-refractivity contribution in [2.24, 2.45) is 10.2 Å². The lowest BCUT2D eigenvalue weighted by Crippen LogP contribution is -2.22. The summed E-state index contributed by atoms with van der Waals surface area (Å²) in [5.74, 6) is -1.33. The number of fused-ring (bicyclic) bond motifs is 1. The molecule has 0 aliphatic heterocycles. The molecule has 0 saturated heterocycles. The van der Waals surface area contributed by atoms with E-state index >= 15 is 0 Å². The summed E-state index contributed by atoms with van der Waals surface area (Å²) < 4.78 is 20.6. The predicted octanol–water partition coefficient (Wildman–Crippen LogP) is 4.89. The molecule has 7 heteroatoms. The van der Waals surface area contributed by atoms with Gasteiger partial charge in [0.2, 0.25) is 5.88 Å². The average Bonchev–Trinajstić information content (AvgIpc) is 2.91. The van der Waals surface area contributed by atoms with Crippen LogP contribution in [0, 0.1) is 12.7 Å². The molecule has 1 aromatic heterocycles. The van der Waals surface area contributed by atoms with Crippen LogP contribution >= 0.6 is 0 Å². The summed E-state index contributed by atoms with van der Waals surface area (Å²) in [6.45, 7) is 5.83. The summed E-state index contributed by atoms with van der Waals surface area (Å²) in [6, 6.07) is 11.5. The Hall–Kier alpha value is -3.22. The standard InChI is InChI=1S/C20H20FN3O3/c1-4-24-16-10-9-12(2)11-14(16)18(20(24)26)22-23-19(25)13(3)27-17-8-6-5-7-15(17)21/h5-11,13,26H,4H2,1-3H3/t13-/m1/s1. The van der Waals surface area contributed by atoms with Crippen molar-refractivity contribution in [3.05, 3.63) is 53.8 Å². The monoisotopic (exact) mass is 369 g/mol. The molecule has 0 unspecified atom stereocenters. The van der Waals surface area contributed by atoms with Crippen LogP contribution in [-0.2, 0) is 11.3 Å². The second-order valence-electron chi connectivity index (χ2n) is 6.17. The first-order valence-electron chi connectivity index (χ1n) is 8.61. The molecule has 6 nitrogen and oxygen atoms in total. The Morgan fingerprint density at radius 1 is 1.30 bits per heavy atom. The van der Waals surface area contributed by atoms with Crippen molar-refractivity contribution in [1.82, 2.24) is 4.57 Å². The van der Waals surface area contributed by atoms with Gasteiger partial charge in [0, 0.05) is 11.9 Å². The Morgan fingerprint density at radius 2 is 2.04 bits per heavy atom. The van der Waals surface area contributed by atoms with Gasteiger partial charge in [-0.15, -0.1) is 10.2 Å². The molecule has 3 aromatic rings. The second-order valence-corrected chi connectivity index (χ2v) is 6.17. The Morgan fingerprint density at radius 3 is 2.74 bits per heavy atom. The van der Waals surface area contributed by atoms with Crippen molar-refractivity contribution >= 4 is 22.5 Å². The fraction of sp³-hybridized carbons (Fsp3) is 0.250. The molecular formula is C20H20FN3O3. The van der Waals surface area contributed by atoms with Crippen molar-refractivity contribution < 1.29 is 19.0 Å². The quantitative estimate of drug-likeness (QED) is 0.651. The van der Waals surface area contributed by atoms with Crippen LogP contribution in [0.3, 0.4) is 0 Å². The topological polar surface area (TPSA) is 76.2 Å². The average molecular weight is 369 g/mol. The Kier molecular flexibility index (Phi) is 5.21. The number of nitrogens with zero attached hydrogens (tertiary/aromatic N) is 3. The lowest BCUT2D eigenvalue weighted by Gasteiger charge is -2.11. The number of amides is 1. The van der Waals surface area contributed by atoms with Crippen LogP contribution in [0.5, 0.6) is 11.6 Å². The van der Waals surface area contributed by atoms with Gasteiger partial charge in [-0.3, -0.25) is 4.79 Å². The lowest BCUT2D eigenvalue weighted by atomic mass is 10.1. The number of carbonyl (C=O) groups is 1. The molecule has 0 radical (unpaired) electrons. The van der Waals surface area contributed by atoms with Crippen LogP contribution in [0.25, 0.3) is 10.9 Å². The second kappa shape index (κ2) is 7.57. The maximum absolute atomic E-state index is 13.6. The minimum Gasteiger partial charge on any atom is -0.493 e. The van der Waals surface area contributed by atoms with E-state index in [0.29, 0.717) is 11.9 Å². The molecule has 1 heterocycles. The first kappa shape index (κ1) is 18.6. The summed E-state index contributed by atoms with van der Waals surface area (Å²) in [4.78, 5) is 12.2. The summed E-state index contributed by atoms with van der Waals surface area (Å²) in [6.07, 6.45) is -1.02. The van der Waals surface area contributed by atoms with Gasteiger partial charge < -0.3 is 14.4 Å². The molecule has 0 fully saturated rings. The zero-order valence-corrected chi connectivity index (χ0v) is 15.3. The van der Waals surface area contributed by atoms with Gasteiger partial charge in [-0.1, -0.05) is 23.8 Å². The van der Waals surface area contributed by atoms with Crippen LogP contribution in [0.2, 0.25) is 0 Å². The van der Waals surface area contributed by atoms with Gasteiger partial charge in [0.15, 0.2) is 23.4 Å². The van der Waals surface area contributed by atoms with Gasteiger partial charge in [0.25, 0.3) is 0 Å². The van der Waals surface area contributed by atoms with Crippen molar-refractivity contribution in [3.8, 4) is 11.6 Å². The van der Waals surface area contributed by atoms with E-state index in [1.165, 1.54) is 25.1 Å². The number of benzene rings is 2. The third-order valence-electron chi connectivity index (χ3n) is 4.22. The smallest absolute Gasteiger partial charge is 0.304 e. The van der Waals surface area contributed by atoms with Crippen molar-refractivity contribution in [3.63, 3.8) is 0 Å². The highest BCUT2D eigenvalue weighted by Crippen LogP contribution is 2.39. The molecule has 27 heavy (non-hydrogen) atoms. The van der Waals surface area contributed by atoms with E-state index in [2.05, 4.69) is 10.2 Å². The number of rotatable bonds is 5. The van der Waals surface area contributed by atoms with Gasteiger partial charge in [-0.05, 0) is 45.0 Å². The lowest BCUT2D eigenvalue weighted by molar-refractivity contribution is -0.124. The van der Waals surface area contributed by atoms with E-state index in [9.17, 15) is 14.3 Å². The minimum absolute atomic E-state index is 0.0328. The third kappa shape index (κ3) is 3.67. The molecule has 0 bridgehead atoms. The van der Waals surface area contributed by atoms with Crippen molar-refractivity contribution in [1.29, 1.82) is 0 Å². The molecular weight excluding hydrogens is 349 g/mol. The predicted molar refractivity (Wildman–Crippen MR) is 100 cm³/mol. The van der Waals surface area contributed by atoms with Gasteiger partial charge in [0.05, 0.1) is 5.52 Å². The Labute approximate surface area is 155 Å². The number of aryl methyl sites for hydroxylation is 2. The van der Waals surface area contributed by atoms with Crippen LogP contribution < -0.4 is 4.74 Å². The van der Waals surface area contributed by atoms with E-state index in [-0.39, 0.29) is 17.3 Å².